The van der Waals surface area contributed by atoms with Gasteiger partial charge >= 0.3 is 0 Å². The SMILES string of the molecule is C=CCN(CC=C)C(CNC(=O)C1CCNCC1)C(C)C. The van der Waals surface area contributed by atoms with Crippen LogP contribution < -0.4 is 10.6 Å². The van der Waals surface area contributed by atoms with Crippen molar-refractivity contribution >= 4 is 5.91 Å². The largest absolute Gasteiger partial charge is 0.354 e. The second kappa shape index (κ2) is 9.74. The summed E-state index contributed by atoms with van der Waals surface area (Å²) in [5, 5.41) is 6.45. The molecule has 1 saturated heterocycles. The van der Waals surface area contributed by atoms with E-state index in [-0.39, 0.29) is 11.8 Å². The first kappa shape index (κ1) is 17.9. The van der Waals surface area contributed by atoms with Crippen LogP contribution >= 0.6 is 0 Å². The van der Waals surface area contributed by atoms with Crippen LogP contribution in [-0.4, -0.2) is 49.6 Å². The van der Waals surface area contributed by atoms with E-state index in [2.05, 4.69) is 42.5 Å². The number of carbonyl (C=O) groups is 1. The number of piperidine rings is 1. The minimum Gasteiger partial charge on any atom is -0.354 e. The van der Waals surface area contributed by atoms with Crippen LogP contribution in [0.4, 0.5) is 0 Å². The molecular weight excluding hydrogens is 262 g/mol. The van der Waals surface area contributed by atoms with Gasteiger partial charge in [-0.2, -0.15) is 0 Å². The van der Waals surface area contributed by atoms with E-state index < -0.39 is 0 Å². The van der Waals surface area contributed by atoms with Gasteiger partial charge in [-0.15, -0.1) is 13.2 Å². The first-order valence-electron chi connectivity index (χ1n) is 8.04. The van der Waals surface area contributed by atoms with Crippen molar-refractivity contribution in [3.8, 4) is 0 Å². The summed E-state index contributed by atoms with van der Waals surface area (Å²) in [6.45, 7) is 16.3. The summed E-state index contributed by atoms with van der Waals surface area (Å²) in [4.78, 5) is 14.6. The molecule has 2 N–H and O–H groups in total. The molecule has 0 saturated carbocycles. The van der Waals surface area contributed by atoms with Crippen molar-refractivity contribution in [2.75, 3.05) is 32.7 Å². The Balaban J connectivity index is 2.54. The summed E-state index contributed by atoms with van der Waals surface area (Å²) in [7, 11) is 0. The lowest BCUT2D eigenvalue weighted by molar-refractivity contribution is -0.126. The zero-order valence-corrected chi connectivity index (χ0v) is 13.6. The van der Waals surface area contributed by atoms with Gasteiger partial charge in [0.2, 0.25) is 5.91 Å². The second-order valence-corrected chi connectivity index (χ2v) is 6.11. The van der Waals surface area contributed by atoms with E-state index in [1.54, 1.807) is 0 Å². The summed E-state index contributed by atoms with van der Waals surface area (Å²) >= 11 is 0. The van der Waals surface area contributed by atoms with Crippen LogP contribution in [0.15, 0.2) is 25.3 Å². The predicted octanol–water partition coefficient (Wildman–Crippen LogP) is 1.80. The van der Waals surface area contributed by atoms with Gasteiger partial charge in [-0.1, -0.05) is 26.0 Å². The number of hydrogen-bond acceptors (Lipinski definition) is 3. The maximum absolute atomic E-state index is 12.3. The predicted molar refractivity (Wildman–Crippen MR) is 89.2 cm³/mol. The van der Waals surface area contributed by atoms with Gasteiger partial charge in [-0.25, -0.2) is 0 Å². The molecule has 0 aromatic carbocycles. The van der Waals surface area contributed by atoms with Gasteiger partial charge in [-0.05, 0) is 31.8 Å². The number of rotatable bonds is 9. The molecule has 21 heavy (non-hydrogen) atoms. The molecule has 1 heterocycles. The Morgan fingerprint density at radius 2 is 1.86 bits per heavy atom. The van der Waals surface area contributed by atoms with Gasteiger partial charge in [0.05, 0.1) is 0 Å². The fourth-order valence-corrected chi connectivity index (χ4v) is 2.90. The van der Waals surface area contributed by atoms with E-state index >= 15 is 0 Å². The molecule has 1 aliphatic heterocycles. The van der Waals surface area contributed by atoms with E-state index in [1.807, 2.05) is 12.2 Å². The van der Waals surface area contributed by atoms with Gasteiger partial charge in [-0.3, -0.25) is 9.69 Å². The highest BCUT2D eigenvalue weighted by molar-refractivity contribution is 5.78. The summed E-state index contributed by atoms with van der Waals surface area (Å²) in [5.74, 6) is 0.851. The zero-order valence-electron chi connectivity index (χ0n) is 13.6. The Kier molecular flexibility index (Phi) is 8.31. The highest BCUT2D eigenvalue weighted by Crippen LogP contribution is 2.13. The van der Waals surface area contributed by atoms with E-state index in [1.165, 1.54) is 0 Å². The molecule has 120 valence electrons. The molecule has 1 amide bonds. The Bertz CT molecular complexity index is 325. The molecule has 0 aromatic heterocycles. The number of nitrogens with zero attached hydrogens (tertiary/aromatic N) is 1. The minimum atomic E-state index is 0.173. The molecule has 0 aliphatic carbocycles. The lowest BCUT2D eigenvalue weighted by Gasteiger charge is -2.33. The lowest BCUT2D eigenvalue weighted by Crippen LogP contribution is -2.48. The standard InChI is InChI=1S/C17H31N3O/c1-5-11-20(12-6-2)16(14(3)4)13-19-17(21)15-7-9-18-10-8-15/h5-6,14-16,18H,1-2,7-13H2,3-4H3,(H,19,21). The molecule has 4 nitrogen and oxygen atoms in total. The quantitative estimate of drug-likeness (QED) is 0.637. The third-order valence-electron chi connectivity index (χ3n) is 4.16. The van der Waals surface area contributed by atoms with E-state index in [4.69, 9.17) is 0 Å². The molecule has 1 aliphatic rings. The topological polar surface area (TPSA) is 44.4 Å². The molecular formula is C17H31N3O. The van der Waals surface area contributed by atoms with Crippen molar-refractivity contribution in [3.05, 3.63) is 25.3 Å². The first-order valence-corrected chi connectivity index (χ1v) is 8.04. The molecule has 1 rings (SSSR count). The fourth-order valence-electron chi connectivity index (χ4n) is 2.90. The van der Waals surface area contributed by atoms with Gasteiger partial charge in [0.15, 0.2) is 0 Å². The van der Waals surface area contributed by atoms with E-state index in [0.29, 0.717) is 18.5 Å². The molecule has 0 bridgehead atoms. The summed E-state index contributed by atoms with van der Waals surface area (Å²) in [5.41, 5.74) is 0. The summed E-state index contributed by atoms with van der Waals surface area (Å²) in [6.07, 6.45) is 5.71. The number of amides is 1. The minimum absolute atomic E-state index is 0.173. The third-order valence-corrected chi connectivity index (χ3v) is 4.16. The maximum Gasteiger partial charge on any atom is 0.223 e. The fraction of sp³-hybridized carbons (Fsp3) is 0.706. The van der Waals surface area contributed by atoms with Crippen LogP contribution in [0.3, 0.4) is 0 Å². The monoisotopic (exact) mass is 293 g/mol. The molecule has 1 fully saturated rings. The van der Waals surface area contributed by atoms with Crippen LogP contribution in [0.25, 0.3) is 0 Å². The summed E-state index contributed by atoms with van der Waals surface area (Å²) < 4.78 is 0. The Hall–Kier alpha value is -1.13. The van der Waals surface area contributed by atoms with Crippen LogP contribution in [0.2, 0.25) is 0 Å². The van der Waals surface area contributed by atoms with Gasteiger partial charge in [0, 0.05) is 31.6 Å². The molecule has 1 atom stereocenters. The number of carbonyl (C=O) groups excluding carboxylic acids is 1. The van der Waals surface area contributed by atoms with Crippen molar-refractivity contribution < 1.29 is 4.79 Å². The Morgan fingerprint density at radius 3 is 2.33 bits per heavy atom. The molecule has 1 unspecified atom stereocenters. The Labute approximate surface area is 129 Å². The molecule has 0 spiro atoms. The maximum atomic E-state index is 12.3. The smallest absolute Gasteiger partial charge is 0.223 e. The van der Waals surface area contributed by atoms with Crippen LogP contribution in [0, 0.1) is 11.8 Å². The molecule has 0 radical (unpaired) electrons. The highest BCUT2D eigenvalue weighted by atomic mass is 16.1. The lowest BCUT2D eigenvalue weighted by atomic mass is 9.96. The van der Waals surface area contributed by atoms with Gasteiger partial charge in [0.1, 0.15) is 0 Å². The van der Waals surface area contributed by atoms with Gasteiger partial charge < -0.3 is 10.6 Å². The van der Waals surface area contributed by atoms with Crippen LogP contribution in [0.5, 0.6) is 0 Å². The average molecular weight is 293 g/mol. The second-order valence-electron chi connectivity index (χ2n) is 6.11. The van der Waals surface area contributed by atoms with Crippen molar-refractivity contribution in [1.82, 2.24) is 15.5 Å². The third kappa shape index (κ3) is 6.02. The zero-order chi connectivity index (χ0) is 15.7. The average Bonchev–Trinajstić information content (AvgIpc) is 2.48. The first-order chi connectivity index (χ1) is 10.1. The number of hydrogen-bond donors (Lipinski definition) is 2. The molecule has 4 heteroatoms. The van der Waals surface area contributed by atoms with Crippen molar-refractivity contribution in [2.24, 2.45) is 11.8 Å². The molecule has 0 aromatic rings. The van der Waals surface area contributed by atoms with Crippen molar-refractivity contribution in [3.63, 3.8) is 0 Å². The van der Waals surface area contributed by atoms with Crippen LogP contribution in [0.1, 0.15) is 26.7 Å². The number of nitrogens with one attached hydrogen (secondary N) is 2. The Morgan fingerprint density at radius 1 is 1.29 bits per heavy atom. The summed E-state index contributed by atoms with van der Waals surface area (Å²) in [6, 6.07) is 0.312. The van der Waals surface area contributed by atoms with E-state index in [9.17, 15) is 4.79 Å². The van der Waals surface area contributed by atoms with Crippen molar-refractivity contribution in [2.45, 2.75) is 32.7 Å². The van der Waals surface area contributed by atoms with E-state index in [0.717, 1.165) is 39.0 Å². The van der Waals surface area contributed by atoms with Gasteiger partial charge in [0.25, 0.3) is 0 Å². The van der Waals surface area contributed by atoms with Crippen LogP contribution in [-0.2, 0) is 4.79 Å². The normalized spacial score (nSPS) is 17.7. The van der Waals surface area contributed by atoms with Crippen molar-refractivity contribution in [1.29, 1.82) is 0 Å². The highest BCUT2D eigenvalue weighted by Gasteiger charge is 2.24.